The molecule has 2 N–H and O–H groups in total. The highest BCUT2D eigenvalue weighted by atomic mass is 16.3. The van der Waals surface area contributed by atoms with Gasteiger partial charge in [-0.05, 0) is 42.4 Å². The van der Waals surface area contributed by atoms with Crippen LogP contribution in [0.2, 0.25) is 0 Å². The van der Waals surface area contributed by atoms with Gasteiger partial charge in [0, 0.05) is 0 Å². The number of aliphatic hydroxyl groups is 2. The first-order valence-electron chi connectivity index (χ1n) is 6.10. The van der Waals surface area contributed by atoms with Crippen LogP contribution in [-0.4, -0.2) is 22.9 Å². The zero-order chi connectivity index (χ0) is 12.0. The van der Waals surface area contributed by atoms with Gasteiger partial charge < -0.3 is 10.2 Å². The number of aliphatic hydroxyl groups excluding tert-OH is 2. The molecule has 0 aromatic heterocycles. The molecule has 2 nitrogen and oxygen atoms in total. The van der Waals surface area contributed by atoms with E-state index in [2.05, 4.69) is 32.0 Å². The third-order valence-corrected chi connectivity index (χ3v) is 3.02. The lowest BCUT2D eigenvalue weighted by Crippen LogP contribution is -2.13. The SMILES string of the molecule is CCc1ccc(CC)c(CCC(O)CO)c1. The summed E-state index contributed by atoms with van der Waals surface area (Å²) in [4.78, 5) is 0. The molecule has 0 radical (unpaired) electrons. The lowest BCUT2D eigenvalue weighted by molar-refractivity contribution is 0.0885. The summed E-state index contributed by atoms with van der Waals surface area (Å²) in [6.45, 7) is 4.15. The molecular formula is C14H22O2. The Morgan fingerprint density at radius 2 is 1.88 bits per heavy atom. The van der Waals surface area contributed by atoms with Gasteiger partial charge in [-0.1, -0.05) is 32.0 Å². The summed E-state index contributed by atoms with van der Waals surface area (Å²) in [6.07, 6.45) is 2.96. The molecule has 0 aliphatic heterocycles. The summed E-state index contributed by atoms with van der Waals surface area (Å²) in [6, 6.07) is 6.58. The fourth-order valence-electron chi connectivity index (χ4n) is 1.89. The van der Waals surface area contributed by atoms with Gasteiger partial charge in [0.15, 0.2) is 0 Å². The highest BCUT2D eigenvalue weighted by Gasteiger charge is 2.06. The molecule has 0 saturated carbocycles. The molecule has 0 aliphatic carbocycles. The topological polar surface area (TPSA) is 40.5 Å². The minimum atomic E-state index is -0.588. The number of benzene rings is 1. The first-order valence-corrected chi connectivity index (χ1v) is 6.10. The van der Waals surface area contributed by atoms with Crippen LogP contribution >= 0.6 is 0 Å². The molecule has 1 unspecified atom stereocenters. The second-order valence-corrected chi connectivity index (χ2v) is 4.19. The van der Waals surface area contributed by atoms with E-state index in [1.54, 1.807) is 0 Å². The van der Waals surface area contributed by atoms with Crippen molar-refractivity contribution in [3.8, 4) is 0 Å². The third kappa shape index (κ3) is 3.62. The summed E-state index contributed by atoms with van der Waals surface area (Å²) in [5.74, 6) is 0. The van der Waals surface area contributed by atoms with Crippen LogP contribution < -0.4 is 0 Å². The monoisotopic (exact) mass is 222 g/mol. The average Bonchev–Trinajstić information content (AvgIpc) is 2.35. The van der Waals surface area contributed by atoms with Crippen molar-refractivity contribution in [3.63, 3.8) is 0 Å². The first-order chi connectivity index (χ1) is 7.71. The van der Waals surface area contributed by atoms with E-state index < -0.39 is 6.10 Å². The molecule has 1 aromatic rings. The van der Waals surface area contributed by atoms with Crippen LogP contribution in [-0.2, 0) is 19.3 Å². The Kier molecular flexibility index (Phi) is 5.50. The smallest absolute Gasteiger partial charge is 0.0774 e. The van der Waals surface area contributed by atoms with Crippen LogP contribution in [0.15, 0.2) is 18.2 Å². The molecule has 0 heterocycles. The quantitative estimate of drug-likeness (QED) is 0.774. The Morgan fingerprint density at radius 3 is 2.44 bits per heavy atom. The Bertz CT molecular complexity index is 321. The Morgan fingerprint density at radius 1 is 1.12 bits per heavy atom. The van der Waals surface area contributed by atoms with Crippen molar-refractivity contribution < 1.29 is 10.2 Å². The molecule has 0 fully saturated rings. The van der Waals surface area contributed by atoms with Gasteiger partial charge in [0.1, 0.15) is 0 Å². The average molecular weight is 222 g/mol. The van der Waals surface area contributed by atoms with Crippen LogP contribution in [0.1, 0.15) is 37.0 Å². The van der Waals surface area contributed by atoms with Gasteiger partial charge in [0.05, 0.1) is 12.7 Å². The Labute approximate surface area is 97.9 Å². The molecule has 16 heavy (non-hydrogen) atoms. The van der Waals surface area contributed by atoms with E-state index in [1.807, 2.05) is 0 Å². The molecule has 0 bridgehead atoms. The van der Waals surface area contributed by atoms with E-state index in [1.165, 1.54) is 16.7 Å². The summed E-state index contributed by atoms with van der Waals surface area (Å²) in [5, 5.41) is 18.1. The van der Waals surface area contributed by atoms with Crippen molar-refractivity contribution in [1.82, 2.24) is 0 Å². The maximum Gasteiger partial charge on any atom is 0.0774 e. The Balaban J connectivity index is 2.75. The van der Waals surface area contributed by atoms with Crippen molar-refractivity contribution in [2.45, 2.75) is 45.6 Å². The van der Waals surface area contributed by atoms with Crippen LogP contribution in [0.4, 0.5) is 0 Å². The summed E-state index contributed by atoms with van der Waals surface area (Å²) in [7, 11) is 0. The first kappa shape index (κ1) is 13.2. The second kappa shape index (κ2) is 6.66. The molecule has 0 spiro atoms. The van der Waals surface area contributed by atoms with Crippen molar-refractivity contribution in [3.05, 3.63) is 34.9 Å². The van der Waals surface area contributed by atoms with Gasteiger partial charge >= 0.3 is 0 Å². The molecule has 1 rings (SSSR count). The minimum absolute atomic E-state index is 0.144. The predicted octanol–water partition coefficient (Wildman–Crippen LogP) is 2.10. The molecule has 0 amide bonds. The predicted molar refractivity (Wildman–Crippen MR) is 66.6 cm³/mol. The van der Waals surface area contributed by atoms with Crippen molar-refractivity contribution in [2.75, 3.05) is 6.61 Å². The molecule has 0 aliphatic rings. The fourth-order valence-corrected chi connectivity index (χ4v) is 1.89. The van der Waals surface area contributed by atoms with E-state index in [-0.39, 0.29) is 6.61 Å². The lowest BCUT2D eigenvalue weighted by Gasteiger charge is -2.12. The lowest BCUT2D eigenvalue weighted by atomic mass is 9.96. The molecule has 2 heteroatoms. The largest absolute Gasteiger partial charge is 0.394 e. The van der Waals surface area contributed by atoms with Gasteiger partial charge in [0.2, 0.25) is 0 Å². The zero-order valence-corrected chi connectivity index (χ0v) is 10.2. The number of hydrogen-bond acceptors (Lipinski definition) is 2. The third-order valence-electron chi connectivity index (χ3n) is 3.02. The summed E-state index contributed by atoms with van der Waals surface area (Å²) >= 11 is 0. The van der Waals surface area contributed by atoms with Gasteiger partial charge in [-0.15, -0.1) is 0 Å². The molecule has 0 saturated heterocycles. The second-order valence-electron chi connectivity index (χ2n) is 4.19. The number of aryl methyl sites for hydroxylation is 3. The maximum absolute atomic E-state index is 9.36. The fraction of sp³-hybridized carbons (Fsp3) is 0.571. The molecular weight excluding hydrogens is 200 g/mol. The summed E-state index contributed by atoms with van der Waals surface area (Å²) in [5.41, 5.74) is 4.00. The molecule has 1 aromatic carbocycles. The van der Waals surface area contributed by atoms with Gasteiger partial charge in [-0.25, -0.2) is 0 Å². The highest BCUT2D eigenvalue weighted by molar-refractivity contribution is 5.32. The van der Waals surface area contributed by atoms with Crippen LogP contribution in [0.25, 0.3) is 0 Å². The highest BCUT2D eigenvalue weighted by Crippen LogP contribution is 2.16. The van der Waals surface area contributed by atoms with E-state index in [0.717, 1.165) is 19.3 Å². The van der Waals surface area contributed by atoms with Crippen molar-refractivity contribution >= 4 is 0 Å². The van der Waals surface area contributed by atoms with E-state index >= 15 is 0 Å². The normalized spacial score (nSPS) is 12.8. The molecule has 1 atom stereocenters. The van der Waals surface area contributed by atoms with Gasteiger partial charge in [0.25, 0.3) is 0 Å². The minimum Gasteiger partial charge on any atom is -0.394 e. The Hall–Kier alpha value is -0.860. The van der Waals surface area contributed by atoms with Crippen LogP contribution in [0.3, 0.4) is 0 Å². The van der Waals surface area contributed by atoms with Crippen molar-refractivity contribution in [1.29, 1.82) is 0 Å². The van der Waals surface area contributed by atoms with Gasteiger partial charge in [-0.2, -0.15) is 0 Å². The summed E-state index contributed by atoms with van der Waals surface area (Å²) < 4.78 is 0. The van der Waals surface area contributed by atoms with Gasteiger partial charge in [-0.3, -0.25) is 0 Å². The van der Waals surface area contributed by atoms with Crippen LogP contribution in [0.5, 0.6) is 0 Å². The maximum atomic E-state index is 9.36. The van der Waals surface area contributed by atoms with E-state index in [0.29, 0.717) is 6.42 Å². The van der Waals surface area contributed by atoms with Crippen LogP contribution in [0, 0.1) is 0 Å². The molecule has 90 valence electrons. The number of hydrogen-bond donors (Lipinski definition) is 2. The standard InChI is InChI=1S/C14H22O2/c1-3-11-5-6-12(4-2)13(9-11)7-8-14(16)10-15/h5-6,9,14-16H,3-4,7-8,10H2,1-2H3. The van der Waals surface area contributed by atoms with E-state index in [4.69, 9.17) is 5.11 Å². The number of rotatable bonds is 6. The van der Waals surface area contributed by atoms with E-state index in [9.17, 15) is 5.11 Å². The van der Waals surface area contributed by atoms with Crippen molar-refractivity contribution in [2.24, 2.45) is 0 Å². The zero-order valence-electron chi connectivity index (χ0n) is 10.2.